The summed E-state index contributed by atoms with van der Waals surface area (Å²) in [6.45, 7) is 8.43. The molecule has 10 heteroatoms. The van der Waals surface area contributed by atoms with Crippen LogP contribution in [0.1, 0.15) is 70.6 Å². The maximum absolute atomic E-state index is 13.8. The van der Waals surface area contributed by atoms with Crippen LogP contribution >= 0.6 is 15.9 Å². The molecule has 3 rings (SSSR count). The molecule has 2 aromatic carbocycles. The number of benzene rings is 2. The Morgan fingerprint density at radius 2 is 1.87 bits per heavy atom. The number of nitrogens with one attached hydrogen (secondary N) is 2. The third-order valence-electron chi connectivity index (χ3n) is 5.92. The van der Waals surface area contributed by atoms with Crippen LogP contribution in [0.5, 0.6) is 5.75 Å². The molecule has 3 N–H and O–H groups in total. The predicted molar refractivity (Wildman–Crippen MR) is 152 cm³/mol. The monoisotopic (exact) mass is 603 g/mol. The van der Waals surface area contributed by atoms with E-state index in [0.29, 0.717) is 30.9 Å². The summed E-state index contributed by atoms with van der Waals surface area (Å²) in [5.74, 6) is 0.104. The molecule has 1 aliphatic rings. The Hall–Kier alpha value is -2.95. The second-order valence-corrected chi connectivity index (χ2v) is 11.1. The van der Waals surface area contributed by atoms with Crippen molar-refractivity contribution in [1.82, 2.24) is 10.9 Å². The molecule has 1 heterocycles. The molecular weight excluding hydrogens is 566 g/mol. The highest BCUT2D eigenvalue weighted by Crippen LogP contribution is 2.45. The minimum absolute atomic E-state index is 0.0306. The van der Waals surface area contributed by atoms with Crippen LogP contribution in [-0.4, -0.2) is 53.8 Å². The van der Waals surface area contributed by atoms with Gasteiger partial charge in [0, 0.05) is 41.6 Å². The highest BCUT2D eigenvalue weighted by Gasteiger charge is 2.54. The van der Waals surface area contributed by atoms with Gasteiger partial charge in [0.1, 0.15) is 11.4 Å². The highest BCUT2D eigenvalue weighted by molar-refractivity contribution is 9.10. The maximum atomic E-state index is 13.8. The average Bonchev–Trinajstić information content (AvgIpc) is 3.28. The van der Waals surface area contributed by atoms with Crippen molar-refractivity contribution in [1.29, 1.82) is 0 Å². The van der Waals surface area contributed by atoms with Gasteiger partial charge in [0.25, 0.3) is 5.91 Å². The van der Waals surface area contributed by atoms with E-state index in [2.05, 4.69) is 26.8 Å². The smallest absolute Gasteiger partial charge is 0.306 e. The molecule has 0 aliphatic carbocycles. The molecule has 0 aromatic heterocycles. The lowest BCUT2D eigenvalue weighted by Gasteiger charge is -2.31. The average molecular weight is 605 g/mol. The van der Waals surface area contributed by atoms with Gasteiger partial charge in [-0.1, -0.05) is 41.1 Å². The van der Waals surface area contributed by atoms with Crippen molar-refractivity contribution in [3.05, 3.63) is 64.1 Å². The van der Waals surface area contributed by atoms with Gasteiger partial charge in [0.15, 0.2) is 11.6 Å². The van der Waals surface area contributed by atoms with Crippen molar-refractivity contribution in [2.45, 2.75) is 70.6 Å². The molecule has 0 radical (unpaired) electrons. The second kappa shape index (κ2) is 13.9. The lowest BCUT2D eigenvalue weighted by atomic mass is 9.83. The Bertz CT molecular complexity index is 1150. The minimum Gasteiger partial charge on any atom is -0.494 e. The normalized spacial score (nSPS) is 18.7. The maximum Gasteiger partial charge on any atom is 0.306 e. The summed E-state index contributed by atoms with van der Waals surface area (Å²) in [4.78, 5) is 31.5. The number of aliphatic hydroxyl groups is 1. The lowest BCUT2D eigenvalue weighted by Crippen LogP contribution is -2.53. The highest BCUT2D eigenvalue weighted by atomic mass is 79.9. The van der Waals surface area contributed by atoms with E-state index < -0.39 is 29.1 Å². The van der Waals surface area contributed by atoms with E-state index >= 15 is 0 Å². The van der Waals surface area contributed by atoms with Crippen molar-refractivity contribution in [3.63, 3.8) is 0 Å². The molecule has 0 saturated heterocycles. The number of aliphatic hydroxyl groups excluding tert-OH is 1. The number of ether oxygens (including phenoxy) is 3. The van der Waals surface area contributed by atoms with Crippen LogP contribution in [0.4, 0.5) is 0 Å². The summed E-state index contributed by atoms with van der Waals surface area (Å²) in [5.41, 5.74) is 5.02. The molecule has 0 bridgehead atoms. The Labute approximate surface area is 238 Å². The zero-order chi connectivity index (χ0) is 28.5. The zero-order valence-corrected chi connectivity index (χ0v) is 24.5. The van der Waals surface area contributed by atoms with Crippen LogP contribution < -0.4 is 15.6 Å². The van der Waals surface area contributed by atoms with Crippen LogP contribution in [0.25, 0.3) is 0 Å². The summed E-state index contributed by atoms with van der Waals surface area (Å²) in [7, 11) is 0. The van der Waals surface area contributed by atoms with Crippen molar-refractivity contribution in [2.75, 3.05) is 19.8 Å². The SMILES string of the molecule is CCCNNC(=O)[C@@]1(CCC(=O)OC(C)(C)C)N=C(c2ccc(OCCCO)cc2)O[C@H]1c1ccccc1Br. The second-order valence-electron chi connectivity index (χ2n) is 10.3. The number of carbonyl (C=O) groups excluding carboxylic acids is 2. The summed E-state index contributed by atoms with van der Waals surface area (Å²) < 4.78 is 18.4. The number of hydrogen-bond acceptors (Lipinski definition) is 8. The largest absolute Gasteiger partial charge is 0.494 e. The van der Waals surface area contributed by atoms with Gasteiger partial charge >= 0.3 is 5.97 Å². The Kier molecular flexibility index (Phi) is 10.9. The fraction of sp³-hybridized carbons (Fsp3) is 0.483. The number of hydrazine groups is 1. The lowest BCUT2D eigenvalue weighted by molar-refractivity contribution is -0.155. The number of hydrogen-bond donors (Lipinski definition) is 3. The summed E-state index contributed by atoms with van der Waals surface area (Å²) in [5, 5.41) is 8.98. The fourth-order valence-corrected chi connectivity index (χ4v) is 4.59. The van der Waals surface area contributed by atoms with Crippen molar-refractivity contribution in [3.8, 4) is 5.75 Å². The van der Waals surface area contributed by atoms with Gasteiger partial charge in [0.05, 0.1) is 6.61 Å². The van der Waals surface area contributed by atoms with E-state index in [-0.39, 0.29) is 25.3 Å². The van der Waals surface area contributed by atoms with E-state index in [4.69, 9.17) is 24.3 Å². The van der Waals surface area contributed by atoms with Crippen LogP contribution in [-0.2, 0) is 19.1 Å². The number of halogens is 1. The molecule has 1 aliphatic heterocycles. The van der Waals surface area contributed by atoms with Crippen LogP contribution in [0.15, 0.2) is 58.0 Å². The van der Waals surface area contributed by atoms with Gasteiger partial charge in [-0.25, -0.2) is 10.4 Å². The summed E-state index contributed by atoms with van der Waals surface area (Å²) in [6.07, 6.45) is 0.578. The zero-order valence-electron chi connectivity index (χ0n) is 23.0. The molecule has 2 atom stereocenters. The van der Waals surface area contributed by atoms with E-state index in [0.717, 1.165) is 16.5 Å². The molecule has 2 aromatic rings. The Balaban J connectivity index is 2.01. The molecule has 39 heavy (non-hydrogen) atoms. The number of carbonyl (C=O) groups is 2. The number of aliphatic imine (C=N–C) groups is 1. The van der Waals surface area contributed by atoms with Crippen LogP contribution in [0.2, 0.25) is 0 Å². The Morgan fingerprint density at radius 3 is 2.51 bits per heavy atom. The third kappa shape index (κ3) is 8.27. The Morgan fingerprint density at radius 1 is 1.15 bits per heavy atom. The molecule has 9 nitrogen and oxygen atoms in total. The van der Waals surface area contributed by atoms with Gasteiger partial charge in [-0.3, -0.25) is 15.0 Å². The number of esters is 1. The van der Waals surface area contributed by atoms with Gasteiger partial charge in [-0.15, -0.1) is 0 Å². The molecule has 0 unspecified atom stereocenters. The fourth-order valence-electron chi connectivity index (χ4n) is 4.10. The van der Waals surface area contributed by atoms with Crippen molar-refractivity contribution >= 4 is 33.7 Å². The molecule has 212 valence electrons. The molecule has 0 saturated carbocycles. The predicted octanol–water partition coefficient (Wildman–Crippen LogP) is 4.62. The molecule has 0 fully saturated rings. The number of amides is 1. The van der Waals surface area contributed by atoms with Crippen molar-refractivity contribution < 1.29 is 28.9 Å². The van der Waals surface area contributed by atoms with E-state index in [1.807, 2.05) is 31.2 Å². The van der Waals surface area contributed by atoms with E-state index in [1.165, 1.54) is 0 Å². The van der Waals surface area contributed by atoms with E-state index in [1.54, 1.807) is 45.0 Å². The van der Waals surface area contributed by atoms with Gasteiger partial charge in [-0.05, 0) is 63.9 Å². The summed E-state index contributed by atoms with van der Waals surface area (Å²) in [6, 6.07) is 14.7. The van der Waals surface area contributed by atoms with Gasteiger partial charge in [-0.2, -0.15) is 0 Å². The third-order valence-corrected chi connectivity index (χ3v) is 6.65. The van der Waals surface area contributed by atoms with Crippen LogP contribution in [0, 0.1) is 0 Å². The minimum atomic E-state index is -1.45. The van der Waals surface area contributed by atoms with Crippen LogP contribution in [0.3, 0.4) is 0 Å². The number of nitrogens with zero attached hydrogens (tertiary/aromatic N) is 1. The van der Waals surface area contributed by atoms with Crippen molar-refractivity contribution in [2.24, 2.45) is 4.99 Å². The molecule has 0 spiro atoms. The first-order chi connectivity index (χ1) is 18.6. The standard InChI is InChI=1S/C29H38BrN3O6/c1-5-17-31-33-27(36)29(16-15-24(35)39-28(2,3)4)25(22-9-6-7-10-23(22)30)38-26(32-29)20-11-13-21(14-12-20)37-19-8-18-34/h6-7,9-14,25,31,34H,5,8,15-19H2,1-4H3,(H,33,36)/t25-,29-/m0/s1. The first-order valence-electron chi connectivity index (χ1n) is 13.2. The first kappa shape index (κ1) is 30.6. The first-order valence-corrected chi connectivity index (χ1v) is 14.0. The van der Waals surface area contributed by atoms with E-state index in [9.17, 15) is 9.59 Å². The quantitative estimate of drug-likeness (QED) is 0.174. The number of rotatable bonds is 13. The van der Waals surface area contributed by atoms with Gasteiger partial charge in [0.2, 0.25) is 5.90 Å². The topological polar surface area (TPSA) is 118 Å². The van der Waals surface area contributed by atoms with Gasteiger partial charge < -0.3 is 19.3 Å². The molecule has 1 amide bonds. The summed E-state index contributed by atoms with van der Waals surface area (Å²) >= 11 is 3.60. The molecular formula is C29H38BrN3O6.